The molecule has 3 rings (SSSR count). The minimum absolute atomic E-state index is 0.000908. The second-order valence-corrected chi connectivity index (χ2v) is 5.45. The predicted molar refractivity (Wildman–Crippen MR) is 78.4 cm³/mol. The third-order valence-electron chi connectivity index (χ3n) is 3.49. The van der Waals surface area contributed by atoms with Crippen molar-refractivity contribution in [3.63, 3.8) is 0 Å². The number of aromatic nitrogens is 2. The molecule has 2 heterocycles. The molecule has 2 aromatic rings. The second-order valence-electron chi connectivity index (χ2n) is 5.02. The van der Waals surface area contributed by atoms with Crippen LogP contribution >= 0.6 is 11.6 Å². The molecule has 1 saturated heterocycles. The fraction of sp³-hybridized carbons (Fsp3) is 0.429. The van der Waals surface area contributed by atoms with Crippen LogP contribution in [0.3, 0.4) is 0 Å². The van der Waals surface area contributed by atoms with Gasteiger partial charge in [-0.05, 0) is 24.6 Å². The number of hydrogen-bond acceptors (Lipinski definition) is 4. The molecule has 6 heteroatoms. The van der Waals surface area contributed by atoms with E-state index >= 15 is 0 Å². The van der Waals surface area contributed by atoms with Gasteiger partial charge in [0.05, 0.1) is 36.5 Å². The lowest BCUT2D eigenvalue weighted by Crippen LogP contribution is -2.42. The molecule has 1 aliphatic rings. The first kappa shape index (κ1) is 13.5. The van der Waals surface area contributed by atoms with Gasteiger partial charge in [0.2, 0.25) is 0 Å². The van der Waals surface area contributed by atoms with Gasteiger partial charge in [0.15, 0.2) is 0 Å². The maximum Gasteiger partial charge on any atom is 0.261 e. The van der Waals surface area contributed by atoms with Crippen molar-refractivity contribution in [2.75, 3.05) is 19.7 Å². The molecule has 0 bridgehead atoms. The van der Waals surface area contributed by atoms with Crippen molar-refractivity contribution in [2.45, 2.75) is 19.6 Å². The van der Waals surface area contributed by atoms with Crippen molar-refractivity contribution < 1.29 is 4.74 Å². The van der Waals surface area contributed by atoms with Gasteiger partial charge in [-0.2, -0.15) is 0 Å². The number of rotatable bonds is 2. The Kier molecular flexibility index (Phi) is 3.74. The summed E-state index contributed by atoms with van der Waals surface area (Å²) in [4.78, 5) is 16.9. The van der Waals surface area contributed by atoms with Gasteiger partial charge in [-0.25, -0.2) is 4.98 Å². The molecular weight excluding hydrogens is 278 g/mol. The number of ether oxygens (including phenoxy) is 1. The molecule has 0 radical (unpaired) electrons. The van der Waals surface area contributed by atoms with E-state index in [1.165, 1.54) is 0 Å². The quantitative estimate of drug-likeness (QED) is 0.908. The van der Waals surface area contributed by atoms with Crippen LogP contribution in [-0.4, -0.2) is 35.4 Å². The van der Waals surface area contributed by atoms with Gasteiger partial charge in [0.1, 0.15) is 0 Å². The highest BCUT2D eigenvalue weighted by Gasteiger charge is 2.16. The zero-order valence-electron chi connectivity index (χ0n) is 11.2. The SMILES string of the molecule is Cc1cc(Cl)cc2c(=O)n(C[C@H]3CNCCO3)cnc12. The van der Waals surface area contributed by atoms with E-state index in [4.69, 9.17) is 16.3 Å². The normalized spacial score (nSPS) is 19.4. The zero-order chi connectivity index (χ0) is 14.1. The lowest BCUT2D eigenvalue weighted by molar-refractivity contribution is 0.0175. The molecule has 0 spiro atoms. The van der Waals surface area contributed by atoms with E-state index in [0.29, 0.717) is 29.1 Å². The molecule has 1 aliphatic heterocycles. The molecule has 20 heavy (non-hydrogen) atoms. The van der Waals surface area contributed by atoms with E-state index in [0.717, 1.165) is 18.7 Å². The van der Waals surface area contributed by atoms with Crippen LogP contribution in [0.1, 0.15) is 5.56 Å². The third kappa shape index (κ3) is 2.57. The van der Waals surface area contributed by atoms with Gasteiger partial charge in [-0.15, -0.1) is 0 Å². The minimum atomic E-state index is -0.0743. The standard InChI is InChI=1S/C14H16ClN3O2/c1-9-4-10(15)5-12-13(9)17-8-18(14(12)19)7-11-6-16-2-3-20-11/h4-5,8,11,16H,2-3,6-7H2,1H3/t11-/m1/s1. The molecule has 0 unspecified atom stereocenters. The first-order valence-electron chi connectivity index (χ1n) is 6.63. The van der Waals surface area contributed by atoms with Gasteiger partial charge in [0.25, 0.3) is 5.56 Å². The van der Waals surface area contributed by atoms with Gasteiger partial charge < -0.3 is 10.1 Å². The predicted octanol–water partition coefficient (Wildman–Crippen LogP) is 1.35. The summed E-state index contributed by atoms with van der Waals surface area (Å²) >= 11 is 6.03. The van der Waals surface area contributed by atoms with Crippen molar-refractivity contribution in [1.29, 1.82) is 0 Å². The Morgan fingerprint density at radius 2 is 2.40 bits per heavy atom. The summed E-state index contributed by atoms with van der Waals surface area (Å²) < 4.78 is 7.21. The van der Waals surface area contributed by atoms with Crippen molar-refractivity contribution in [1.82, 2.24) is 14.9 Å². The van der Waals surface area contributed by atoms with E-state index in [2.05, 4.69) is 10.3 Å². The number of fused-ring (bicyclic) bond motifs is 1. The molecule has 1 aromatic heterocycles. The Morgan fingerprint density at radius 3 is 3.15 bits per heavy atom. The van der Waals surface area contributed by atoms with Crippen molar-refractivity contribution in [2.24, 2.45) is 0 Å². The number of nitrogens with one attached hydrogen (secondary N) is 1. The van der Waals surface area contributed by atoms with E-state index in [-0.39, 0.29) is 11.7 Å². The largest absolute Gasteiger partial charge is 0.374 e. The summed E-state index contributed by atoms with van der Waals surface area (Å²) in [6.45, 7) is 4.68. The van der Waals surface area contributed by atoms with E-state index in [1.54, 1.807) is 17.0 Å². The van der Waals surface area contributed by atoms with Crippen molar-refractivity contribution >= 4 is 22.5 Å². The van der Waals surface area contributed by atoms with Crippen LogP contribution < -0.4 is 10.9 Å². The molecule has 106 valence electrons. The van der Waals surface area contributed by atoms with Crippen LogP contribution in [-0.2, 0) is 11.3 Å². The van der Waals surface area contributed by atoms with E-state index in [9.17, 15) is 4.79 Å². The minimum Gasteiger partial charge on any atom is -0.374 e. The average molecular weight is 294 g/mol. The first-order chi connectivity index (χ1) is 9.65. The number of morpholine rings is 1. The highest BCUT2D eigenvalue weighted by Crippen LogP contribution is 2.19. The number of aryl methyl sites for hydroxylation is 1. The van der Waals surface area contributed by atoms with Crippen LogP contribution in [0.5, 0.6) is 0 Å². The molecule has 1 fully saturated rings. The van der Waals surface area contributed by atoms with Crippen molar-refractivity contribution in [3.05, 3.63) is 39.4 Å². The molecule has 1 atom stereocenters. The Morgan fingerprint density at radius 1 is 1.55 bits per heavy atom. The molecule has 0 saturated carbocycles. The Balaban J connectivity index is 2.00. The smallest absolute Gasteiger partial charge is 0.261 e. The number of nitrogens with zero attached hydrogens (tertiary/aromatic N) is 2. The summed E-state index contributed by atoms with van der Waals surface area (Å²) in [5.74, 6) is 0. The highest BCUT2D eigenvalue weighted by atomic mass is 35.5. The number of halogens is 1. The third-order valence-corrected chi connectivity index (χ3v) is 3.71. The van der Waals surface area contributed by atoms with Gasteiger partial charge in [-0.1, -0.05) is 11.6 Å². The molecule has 1 N–H and O–H groups in total. The summed E-state index contributed by atoms with van der Waals surface area (Å²) in [6.07, 6.45) is 1.59. The van der Waals surface area contributed by atoms with Crippen LogP contribution in [0.25, 0.3) is 10.9 Å². The van der Waals surface area contributed by atoms with Crippen molar-refractivity contribution in [3.8, 4) is 0 Å². The Labute approximate surface area is 121 Å². The average Bonchev–Trinajstić information content (AvgIpc) is 2.43. The number of hydrogen-bond donors (Lipinski definition) is 1. The van der Waals surface area contributed by atoms with Crippen LogP contribution in [0.4, 0.5) is 0 Å². The monoisotopic (exact) mass is 293 g/mol. The van der Waals surface area contributed by atoms with Gasteiger partial charge in [0, 0.05) is 18.1 Å². The fourth-order valence-corrected chi connectivity index (χ4v) is 2.76. The van der Waals surface area contributed by atoms with E-state index < -0.39 is 0 Å². The second kappa shape index (κ2) is 5.52. The molecule has 5 nitrogen and oxygen atoms in total. The maximum absolute atomic E-state index is 12.5. The topological polar surface area (TPSA) is 56.2 Å². The lowest BCUT2D eigenvalue weighted by atomic mass is 10.1. The fourth-order valence-electron chi connectivity index (χ4n) is 2.49. The zero-order valence-corrected chi connectivity index (χ0v) is 12.0. The molecular formula is C14H16ClN3O2. The maximum atomic E-state index is 12.5. The number of benzene rings is 1. The molecule has 1 aromatic carbocycles. The summed E-state index contributed by atoms with van der Waals surface area (Å²) in [7, 11) is 0. The van der Waals surface area contributed by atoms with Gasteiger partial charge in [-0.3, -0.25) is 9.36 Å². The van der Waals surface area contributed by atoms with Crippen LogP contribution in [0.15, 0.2) is 23.3 Å². The summed E-state index contributed by atoms with van der Waals surface area (Å²) in [6, 6.07) is 3.49. The van der Waals surface area contributed by atoms with Crippen LogP contribution in [0.2, 0.25) is 5.02 Å². The lowest BCUT2D eigenvalue weighted by Gasteiger charge is -2.24. The molecule has 0 aliphatic carbocycles. The summed E-state index contributed by atoms with van der Waals surface area (Å²) in [5.41, 5.74) is 1.54. The van der Waals surface area contributed by atoms with E-state index in [1.807, 2.05) is 13.0 Å². The Hall–Kier alpha value is -1.43. The summed E-state index contributed by atoms with van der Waals surface area (Å²) in [5, 5.41) is 4.36. The van der Waals surface area contributed by atoms with Crippen LogP contribution in [0, 0.1) is 6.92 Å². The highest BCUT2D eigenvalue weighted by molar-refractivity contribution is 6.31. The van der Waals surface area contributed by atoms with Gasteiger partial charge >= 0.3 is 0 Å². The Bertz CT molecular complexity index is 693. The first-order valence-corrected chi connectivity index (χ1v) is 7.00. The molecule has 0 amide bonds.